The number of rotatable bonds is 6. The number of carbonyl (C=O) groups is 2. The maximum absolute atomic E-state index is 13.9. The third-order valence-corrected chi connectivity index (χ3v) is 7.38. The largest absolute Gasteiger partial charge is 0.355 e. The van der Waals surface area contributed by atoms with E-state index in [0.717, 1.165) is 43.5 Å². The second-order valence-electron chi connectivity index (χ2n) is 9.28. The highest BCUT2D eigenvalue weighted by atomic mass is 35.5. The lowest BCUT2D eigenvalue weighted by Gasteiger charge is -2.46. The average molecular weight is 488 g/mol. The number of piperidine rings is 1. The number of benzene rings is 3. The van der Waals surface area contributed by atoms with Gasteiger partial charge in [-0.2, -0.15) is 0 Å². The number of nitrogens with zero attached hydrogens (tertiary/aromatic N) is 1. The predicted octanol–water partition coefficient (Wildman–Crippen LogP) is 4.73. The number of fused-ring (bicyclic) bond motifs is 1. The summed E-state index contributed by atoms with van der Waals surface area (Å²) < 4.78 is 0. The van der Waals surface area contributed by atoms with Crippen LogP contribution >= 0.6 is 11.6 Å². The van der Waals surface area contributed by atoms with Crippen LogP contribution < -0.4 is 10.6 Å². The fraction of sp³-hybridized carbons (Fsp3) is 0.310. The minimum Gasteiger partial charge on any atom is -0.355 e. The van der Waals surface area contributed by atoms with E-state index in [-0.39, 0.29) is 17.9 Å². The Labute approximate surface area is 211 Å². The molecule has 5 rings (SSSR count). The molecule has 1 fully saturated rings. The lowest BCUT2D eigenvalue weighted by molar-refractivity contribution is -0.124. The third-order valence-electron chi connectivity index (χ3n) is 7.13. The van der Waals surface area contributed by atoms with Gasteiger partial charge in [-0.1, -0.05) is 72.3 Å². The van der Waals surface area contributed by atoms with Crippen molar-refractivity contribution in [2.45, 2.75) is 37.3 Å². The molecule has 0 bridgehead atoms. The van der Waals surface area contributed by atoms with Crippen molar-refractivity contribution >= 4 is 23.4 Å². The van der Waals surface area contributed by atoms with Gasteiger partial charge in [-0.05, 0) is 67.2 Å². The van der Waals surface area contributed by atoms with Crippen LogP contribution in [0.25, 0.3) is 0 Å². The van der Waals surface area contributed by atoms with Gasteiger partial charge in [0.1, 0.15) is 0 Å². The maximum atomic E-state index is 13.9. The van der Waals surface area contributed by atoms with Crippen LogP contribution in [0.3, 0.4) is 0 Å². The van der Waals surface area contributed by atoms with Crippen LogP contribution in [0.2, 0.25) is 5.02 Å². The molecule has 180 valence electrons. The zero-order chi connectivity index (χ0) is 24.2. The van der Waals surface area contributed by atoms with E-state index in [2.05, 4.69) is 22.8 Å². The second-order valence-corrected chi connectivity index (χ2v) is 9.72. The van der Waals surface area contributed by atoms with Crippen LogP contribution in [0.4, 0.5) is 0 Å². The monoisotopic (exact) mass is 487 g/mol. The Morgan fingerprint density at radius 1 is 0.943 bits per heavy atom. The Bertz CT molecular complexity index is 1180. The van der Waals surface area contributed by atoms with Crippen LogP contribution in [-0.4, -0.2) is 42.4 Å². The van der Waals surface area contributed by atoms with Crippen LogP contribution in [0.1, 0.15) is 51.8 Å². The van der Waals surface area contributed by atoms with Crippen molar-refractivity contribution in [3.8, 4) is 0 Å². The summed E-state index contributed by atoms with van der Waals surface area (Å²) in [5, 5.41) is 7.20. The molecule has 0 saturated carbocycles. The summed E-state index contributed by atoms with van der Waals surface area (Å²) in [6.07, 6.45) is 2.48. The third kappa shape index (κ3) is 4.97. The molecular weight excluding hydrogens is 458 g/mol. The first-order valence-corrected chi connectivity index (χ1v) is 12.7. The quantitative estimate of drug-likeness (QED) is 0.528. The van der Waals surface area contributed by atoms with E-state index in [0.29, 0.717) is 17.1 Å². The number of halogens is 1. The second kappa shape index (κ2) is 10.6. The molecule has 35 heavy (non-hydrogen) atoms. The Hall–Kier alpha value is -3.15. The summed E-state index contributed by atoms with van der Waals surface area (Å²) in [7, 11) is 0. The van der Waals surface area contributed by atoms with Crippen molar-refractivity contribution in [3.63, 3.8) is 0 Å². The first-order chi connectivity index (χ1) is 17.1. The van der Waals surface area contributed by atoms with E-state index in [9.17, 15) is 9.59 Å². The van der Waals surface area contributed by atoms with Gasteiger partial charge in [-0.15, -0.1) is 0 Å². The Morgan fingerprint density at radius 2 is 1.63 bits per heavy atom. The number of hydrogen-bond acceptors (Lipinski definition) is 3. The summed E-state index contributed by atoms with van der Waals surface area (Å²) in [4.78, 5) is 29.7. The molecule has 2 aliphatic rings. The number of nitrogens with one attached hydrogen (secondary N) is 2. The molecule has 2 atom stereocenters. The Balaban J connectivity index is 1.52. The zero-order valence-electron chi connectivity index (χ0n) is 19.6. The van der Waals surface area contributed by atoms with E-state index >= 15 is 0 Å². The van der Waals surface area contributed by atoms with Crippen molar-refractivity contribution in [1.82, 2.24) is 15.5 Å². The minimum absolute atomic E-state index is 0.000727. The molecule has 3 aromatic rings. The highest BCUT2D eigenvalue weighted by Crippen LogP contribution is 2.45. The zero-order valence-corrected chi connectivity index (χ0v) is 20.4. The Morgan fingerprint density at radius 3 is 2.37 bits per heavy atom. The smallest absolute Gasteiger partial charge is 0.254 e. The van der Waals surface area contributed by atoms with Gasteiger partial charge in [-0.3, -0.25) is 9.59 Å². The van der Waals surface area contributed by atoms with Crippen molar-refractivity contribution in [3.05, 3.63) is 106 Å². The van der Waals surface area contributed by atoms with E-state index in [1.165, 1.54) is 5.56 Å². The van der Waals surface area contributed by atoms with Gasteiger partial charge < -0.3 is 15.5 Å². The fourth-order valence-corrected chi connectivity index (χ4v) is 5.55. The van der Waals surface area contributed by atoms with Gasteiger partial charge in [0.25, 0.3) is 5.91 Å². The summed E-state index contributed by atoms with van der Waals surface area (Å²) in [6, 6.07) is 25.0. The average Bonchev–Trinajstić information content (AvgIpc) is 2.90. The molecule has 1 saturated heterocycles. The van der Waals surface area contributed by atoms with Crippen molar-refractivity contribution in [1.29, 1.82) is 0 Å². The van der Waals surface area contributed by atoms with E-state index in [1.807, 2.05) is 71.6 Å². The summed E-state index contributed by atoms with van der Waals surface area (Å²) in [5.74, 6) is -0.559. The molecule has 5 nitrogen and oxygen atoms in total. The van der Waals surface area contributed by atoms with Crippen molar-refractivity contribution < 1.29 is 9.59 Å². The molecule has 0 unspecified atom stereocenters. The van der Waals surface area contributed by atoms with E-state index < -0.39 is 12.0 Å². The maximum Gasteiger partial charge on any atom is 0.254 e. The summed E-state index contributed by atoms with van der Waals surface area (Å²) >= 11 is 6.20. The van der Waals surface area contributed by atoms with Crippen LogP contribution in [0.15, 0.2) is 78.9 Å². The highest BCUT2D eigenvalue weighted by Gasteiger charge is 2.46. The normalized spacial score (nSPS) is 20.4. The van der Waals surface area contributed by atoms with Gasteiger partial charge in [0.15, 0.2) is 0 Å². The van der Waals surface area contributed by atoms with Crippen LogP contribution in [-0.2, 0) is 11.2 Å². The molecule has 2 N–H and O–H groups in total. The van der Waals surface area contributed by atoms with Gasteiger partial charge in [0.2, 0.25) is 5.91 Å². The lowest BCUT2D eigenvalue weighted by Crippen LogP contribution is -2.54. The van der Waals surface area contributed by atoms with Gasteiger partial charge in [0.05, 0.1) is 12.0 Å². The van der Waals surface area contributed by atoms with Crippen LogP contribution in [0.5, 0.6) is 0 Å². The van der Waals surface area contributed by atoms with Gasteiger partial charge in [-0.25, -0.2) is 0 Å². The van der Waals surface area contributed by atoms with Crippen molar-refractivity contribution in [2.24, 2.45) is 0 Å². The van der Waals surface area contributed by atoms with E-state index in [1.54, 1.807) is 0 Å². The van der Waals surface area contributed by atoms with Gasteiger partial charge >= 0.3 is 0 Å². The van der Waals surface area contributed by atoms with Crippen LogP contribution in [0, 0.1) is 0 Å². The molecule has 0 aliphatic carbocycles. The molecule has 0 radical (unpaired) electrons. The molecule has 0 aromatic heterocycles. The standard InChI is InChI=1S/C29H30ClN3O2/c30-22-12-10-21(11-13-22)27-26(28(34)32-19-14-20-6-2-1-3-7-20)24-8-4-5-9-25(24)29(35)33(27)23-15-17-31-18-16-23/h1-13,23,26-27,31H,14-19H2,(H,32,34)/t26-,27+/m1/s1. The molecule has 0 spiro atoms. The molecule has 2 amide bonds. The Kier molecular flexibility index (Phi) is 7.16. The predicted molar refractivity (Wildman–Crippen MR) is 139 cm³/mol. The molecular formula is C29H30ClN3O2. The number of amides is 2. The summed E-state index contributed by atoms with van der Waals surface area (Å²) in [6.45, 7) is 2.25. The molecule has 6 heteroatoms. The molecule has 2 heterocycles. The van der Waals surface area contributed by atoms with Crippen molar-refractivity contribution in [2.75, 3.05) is 19.6 Å². The first kappa shape index (κ1) is 23.6. The fourth-order valence-electron chi connectivity index (χ4n) is 5.42. The van der Waals surface area contributed by atoms with E-state index in [4.69, 9.17) is 11.6 Å². The molecule has 2 aliphatic heterocycles. The number of carbonyl (C=O) groups excluding carboxylic acids is 2. The van der Waals surface area contributed by atoms with Gasteiger partial charge in [0, 0.05) is 23.2 Å². The number of hydrogen-bond donors (Lipinski definition) is 2. The highest BCUT2D eigenvalue weighted by molar-refractivity contribution is 6.30. The first-order valence-electron chi connectivity index (χ1n) is 12.3. The topological polar surface area (TPSA) is 61.4 Å². The lowest BCUT2D eigenvalue weighted by atomic mass is 9.77. The summed E-state index contributed by atoms with van der Waals surface area (Å²) in [5.41, 5.74) is 3.52. The minimum atomic E-state index is -0.504. The molecule has 3 aromatic carbocycles. The SMILES string of the molecule is O=C(NCCc1ccccc1)[C@@H]1c2ccccc2C(=O)N(C2CCNCC2)[C@H]1c1ccc(Cl)cc1.